The van der Waals surface area contributed by atoms with Gasteiger partial charge in [-0.3, -0.25) is 0 Å². The Bertz CT molecular complexity index is 315. The summed E-state index contributed by atoms with van der Waals surface area (Å²) in [6, 6.07) is 1.94. The van der Waals surface area contributed by atoms with Crippen molar-refractivity contribution in [3.63, 3.8) is 0 Å². The molecule has 1 unspecified atom stereocenters. The predicted octanol–water partition coefficient (Wildman–Crippen LogP) is 0.897. The molecule has 0 aliphatic rings. The summed E-state index contributed by atoms with van der Waals surface area (Å²) >= 11 is 0. The number of rotatable bonds is 5. The van der Waals surface area contributed by atoms with E-state index in [1.165, 1.54) is 0 Å². The van der Waals surface area contributed by atoms with E-state index in [1.807, 2.05) is 13.0 Å². The fourth-order valence-corrected chi connectivity index (χ4v) is 1.48. The van der Waals surface area contributed by atoms with Crippen LogP contribution in [0.3, 0.4) is 0 Å². The lowest BCUT2D eigenvalue weighted by Gasteiger charge is -2.09. The molecule has 1 aromatic rings. The standard InChI is InChI=1S/C11H18N2O2/c1-4-9-5-10(13-8(2)12-9)6-11(14)7-15-3/h5,11,14H,4,6-7H2,1-3H3. The molecular formula is C11H18N2O2. The average Bonchev–Trinajstić information content (AvgIpc) is 2.17. The minimum Gasteiger partial charge on any atom is -0.390 e. The van der Waals surface area contributed by atoms with Crippen molar-refractivity contribution in [2.24, 2.45) is 0 Å². The van der Waals surface area contributed by atoms with Gasteiger partial charge in [-0.1, -0.05) is 6.92 Å². The molecule has 0 saturated heterocycles. The highest BCUT2D eigenvalue weighted by Crippen LogP contribution is 2.05. The lowest BCUT2D eigenvalue weighted by Crippen LogP contribution is -2.18. The minimum absolute atomic E-state index is 0.338. The Labute approximate surface area is 90.3 Å². The molecule has 1 rings (SSSR count). The van der Waals surface area contributed by atoms with Crippen LogP contribution in [-0.4, -0.2) is 34.9 Å². The highest BCUT2D eigenvalue weighted by molar-refractivity contribution is 5.11. The highest BCUT2D eigenvalue weighted by Gasteiger charge is 2.07. The summed E-state index contributed by atoms with van der Waals surface area (Å²) in [4.78, 5) is 8.56. The number of nitrogens with zero attached hydrogens (tertiary/aromatic N) is 2. The average molecular weight is 210 g/mol. The molecule has 0 saturated carbocycles. The molecule has 1 N–H and O–H groups in total. The first-order valence-electron chi connectivity index (χ1n) is 5.16. The van der Waals surface area contributed by atoms with Crippen LogP contribution >= 0.6 is 0 Å². The van der Waals surface area contributed by atoms with Crippen molar-refractivity contribution in [3.05, 3.63) is 23.3 Å². The van der Waals surface area contributed by atoms with Gasteiger partial charge in [0.1, 0.15) is 5.82 Å². The molecule has 0 aliphatic carbocycles. The number of hydrogen-bond donors (Lipinski definition) is 1. The Morgan fingerprint density at radius 2 is 2.07 bits per heavy atom. The van der Waals surface area contributed by atoms with E-state index in [0.717, 1.165) is 23.6 Å². The van der Waals surface area contributed by atoms with Gasteiger partial charge in [0.2, 0.25) is 0 Å². The summed E-state index contributed by atoms with van der Waals surface area (Å²) in [6.45, 7) is 4.26. The zero-order valence-electron chi connectivity index (χ0n) is 9.53. The third-order valence-electron chi connectivity index (χ3n) is 2.11. The Balaban J connectivity index is 2.71. The summed E-state index contributed by atoms with van der Waals surface area (Å²) in [7, 11) is 1.58. The van der Waals surface area contributed by atoms with E-state index in [-0.39, 0.29) is 0 Å². The SMILES string of the molecule is CCc1cc(CC(O)COC)nc(C)n1. The number of aliphatic hydroxyl groups excluding tert-OH is 1. The molecule has 0 aliphatic heterocycles. The molecule has 1 aromatic heterocycles. The molecule has 0 amide bonds. The highest BCUT2D eigenvalue weighted by atomic mass is 16.5. The van der Waals surface area contributed by atoms with Crippen LogP contribution in [0.4, 0.5) is 0 Å². The molecule has 0 bridgehead atoms. The Kier molecular flexibility index (Phi) is 4.65. The van der Waals surface area contributed by atoms with Crippen molar-refractivity contribution in [2.45, 2.75) is 32.8 Å². The van der Waals surface area contributed by atoms with Crippen molar-refractivity contribution >= 4 is 0 Å². The van der Waals surface area contributed by atoms with Gasteiger partial charge in [-0.15, -0.1) is 0 Å². The van der Waals surface area contributed by atoms with Crippen molar-refractivity contribution in [1.82, 2.24) is 9.97 Å². The summed E-state index contributed by atoms with van der Waals surface area (Å²) in [5.41, 5.74) is 1.89. The van der Waals surface area contributed by atoms with E-state index in [2.05, 4.69) is 16.9 Å². The molecule has 0 aromatic carbocycles. The Hall–Kier alpha value is -1.00. The second-order valence-electron chi connectivity index (χ2n) is 3.56. The predicted molar refractivity (Wildman–Crippen MR) is 57.7 cm³/mol. The first kappa shape index (κ1) is 12.1. The number of ether oxygens (including phenoxy) is 1. The minimum atomic E-state index is -0.492. The molecule has 0 fully saturated rings. The van der Waals surface area contributed by atoms with Crippen molar-refractivity contribution in [1.29, 1.82) is 0 Å². The molecule has 1 atom stereocenters. The van der Waals surface area contributed by atoms with Crippen LogP contribution in [0.2, 0.25) is 0 Å². The maximum absolute atomic E-state index is 9.57. The van der Waals surface area contributed by atoms with Crippen LogP contribution < -0.4 is 0 Å². The first-order valence-corrected chi connectivity index (χ1v) is 5.16. The Morgan fingerprint density at radius 1 is 1.40 bits per heavy atom. The second kappa shape index (κ2) is 5.78. The van der Waals surface area contributed by atoms with E-state index in [1.54, 1.807) is 7.11 Å². The van der Waals surface area contributed by atoms with E-state index in [0.29, 0.717) is 13.0 Å². The molecule has 15 heavy (non-hydrogen) atoms. The van der Waals surface area contributed by atoms with Gasteiger partial charge >= 0.3 is 0 Å². The van der Waals surface area contributed by atoms with Crippen LogP contribution in [0.1, 0.15) is 24.1 Å². The summed E-state index contributed by atoms with van der Waals surface area (Å²) in [6.07, 6.45) is 0.912. The van der Waals surface area contributed by atoms with Crippen LogP contribution in [0.5, 0.6) is 0 Å². The topological polar surface area (TPSA) is 55.2 Å². The van der Waals surface area contributed by atoms with Gasteiger partial charge in [0.25, 0.3) is 0 Å². The zero-order valence-corrected chi connectivity index (χ0v) is 9.53. The van der Waals surface area contributed by atoms with Gasteiger partial charge in [-0.05, 0) is 19.4 Å². The maximum atomic E-state index is 9.57. The van der Waals surface area contributed by atoms with Crippen molar-refractivity contribution in [3.8, 4) is 0 Å². The van der Waals surface area contributed by atoms with E-state index in [9.17, 15) is 5.11 Å². The van der Waals surface area contributed by atoms with E-state index in [4.69, 9.17) is 4.74 Å². The number of hydrogen-bond acceptors (Lipinski definition) is 4. The fourth-order valence-electron chi connectivity index (χ4n) is 1.48. The lowest BCUT2D eigenvalue weighted by molar-refractivity contribution is 0.0644. The number of methoxy groups -OCH3 is 1. The largest absolute Gasteiger partial charge is 0.390 e. The van der Waals surface area contributed by atoms with E-state index < -0.39 is 6.10 Å². The first-order chi connectivity index (χ1) is 7.15. The van der Waals surface area contributed by atoms with E-state index >= 15 is 0 Å². The maximum Gasteiger partial charge on any atom is 0.125 e. The van der Waals surface area contributed by atoms with Gasteiger partial charge in [0.05, 0.1) is 12.7 Å². The number of aryl methyl sites for hydroxylation is 2. The third-order valence-corrected chi connectivity index (χ3v) is 2.11. The van der Waals surface area contributed by atoms with Crippen molar-refractivity contribution in [2.75, 3.05) is 13.7 Å². The lowest BCUT2D eigenvalue weighted by atomic mass is 10.1. The number of aliphatic hydroxyl groups is 1. The smallest absolute Gasteiger partial charge is 0.125 e. The quantitative estimate of drug-likeness (QED) is 0.784. The van der Waals surface area contributed by atoms with Gasteiger partial charge in [0.15, 0.2) is 0 Å². The van der Waals surface area contributed by atoms with Gasteiger partial charge in [0, 0.05) is 24.9 Å². The van der Waals surface area contributed by atoms with Crippen LogP contribution in [0.15, 0.2) is 6.07 Å². The molecular weight excluding hydrogens is 192 g/mol. The number of aromatic nitrogens is 2. The van der Waals surface area contributed by atoms with Gasteiger partial charge < -0.3 is 9.84 Å². The van der Waals surface area contributed by atoms with Crippen LogP contribution in [-0.2, 0) is 17.6 Å². The molecule has 4 heteroatoms. The normalized spacial score (nSPS) is 12.8. The zero-order chi connectivity index (χ0) is 11.3. The molecule has 0 spiro atoms. The van der Waals surface area contributed by atoms with Gasteiger partial charge in [-0.2, -0.15) is 0 Å². The molecule has 84 valence electrons. The summed E-state index contributed by atoms with van der Waals surface area (Å²) in [5, 5.41) is 9.57. The molecule has 0 radical (unpaired) electrons. The van der Waals surface area contributed by atoms with Crippen LogP contribution in [0.25, 0.3) is 0 Å². The molecule has 1 heterocycles. The second-order valence-corrected chi connectivity index (χ2v) is 3.56. The Morgan fingerprint density at radius 3 is 2.67 bits per heavy atom. The third kappa shape index (κ3) is 3.93. The molecule has 4 nitrogen and oxygen atoms in total. The van der Waals surface area contributed by atoms with Crippen molar-refractivity contribution < 1.29 is 9.84 Å². The summed E-state index contributed by atoms with van der Waals surface area (Å²) < 4.78 is 4.87. The van der Waals surface area contributed by atoms with Gasteiger partial charge in [-0.25, -0.2) is 9.97 Å². The van der Waals surface area contributed by atoms with Crippen LogP contribution in [0, 0.1) is 6.92 Å². The monoisotopic (exact) mass is 210 g/mol. The fraction of sp³-hybridized carbons (Fsp3) is 0.636. The summed E-state index contributed by atoms with van der Waals surface area (Å²) in [5.74, 6) is 0.758.